The van der Waals surface area contributed by atoms with Gasteiger partial charge in [0.2, 0.25) is 0 Å². The van der Waals surface area contributed by atoms with Crippen LogP contribution >= 0.6 is 0 Å². The average Bonchev–Trinajstić information content (AvgIpc) is 3.00. The van der Waals surface area contributed by atoms with Crippen molar-refractivity contribution in [3.63, 3.8) is 0 Å². The number of anilines is 2. The lowest BCUT2D eigenvalue weighted by molar-refractivity contribution is -0.120. The van der Waals surface area contributed by atoms with Gasteiger partial charge in [-0.3, -0.25) is 9.59 Å². The maximum Gasteiger partial charge on any atom is 0.282 e. The molecule has 0 unspecified atom stereocenters. The van der Waals surface area contributed by atoms with Gasteiger partial charge in [-0.25, -0.2) is 13.7 Å². The van der Waals surface area contributed by atoms with Crippen molar-refractivity contribution in [2.24, 2.45) is 0 Å². The Bertz CT molecular complexity index is 1190. The number of nitrogens with zero attached hydrogens (tertiary/aromatic N) is 1. The smallest absolute Gasteiger partial charge is 0.282 e. The highest BCUT2D eigenvalue weighted by atomic mass is 19.1. The summed E-state index contributed by atoms with van der Waals surface area (Å²) in [6.45, 7) is 2.24. The van der Waals surface area contributed by atoms with Gasteiger partial charge in [0.15, 0.2) is 0 Å². The van der Waals surface area contributed by atoms with Gasteiger partial charge in [-0.2, -0.15) is 0 Å². The van der Waals surface area contributed by atoms with Crippen LogP contribution in [-0.4, -0.2) is 18.4 Å². The maximum absolute atomic E-state index is 13.8. The summed E-state index contributed by atoms with van der Waals surface area (Å²) >= 11 is 0. The van der Waals surface area contributed by atoms with Crippen LogP contribution in [0.4, 0.5) is 20.2 Å². The summed E-state index contributed by atoms with van der Waals surface area (Å²) in [5, 5.41) is 3.01. The number of para-hydroxylation sites is 2. The van der Waals surface area contributed by atoms with Crippen LogP contribution < -0.4 is 15.0 Å². The number of imide groups is 1. The standard InChI is InChI=1S/C24H18F2N2O3/c1-2-31-20-9-4-3-8-19(20)27-22-21(15-10-12-16(25)13-11-15)23(29)28(24(22)30)18-7-5-6-17(26)14-18/h3-14,27H,2H2,1H3. The lowest BCUT2D eigenvalue weighted by Crippen LogP contribution is -2.32. The van der Waals surface area contributed by atoms with Crippen molar-refractivity contribution < 1.29 is 23.1 Å². The summed E-state index contributed by atoms with van der Waals surface area (Å²) < 4.78 is 32.8. The number of benzene rings is 3. The van der Waals surface area contributed by atoms with Crippen LogP contribution in [0.25, 0.3) is 5.57 Å². The Balaban J connectivity index is 1.83. The zero-order valence-electron chi connectivity index (χ0n) is 16.6. The Labute approximate surface area is 177 Å². The number of amides is 2. The van der Waals surface area contributed by atoms with Gasteiger partial charge in [0, 0.05) is 0 Å². The van der Waals surface area contributed by atoms with E-state index in [9.17, 15) is 18.4 Å². The number of ether oxygens (including phenoxy) is 1. The molecule has 0 fully saturated rings. The molecule has 4 rings (SSSR count). The lowest BCUT2D eigenvalue weighted by Gasteiger charge is -2.16. The van der Waals surface area contributed by atoms with E-state index in [1.54, 1.807) is 24.3 Å². The van der Waals surface area contributed by atoms with Crippen molar-refractivity contribution >= 4 is 28.8 Å². The monoisotopic (exact) mass is 420 g/mol. The van der Waals surface area contributed by atoms with E-state index in [-0.39, 0.29) is 17.0 Å². The number of carbonyl (C=O) groups excluding carboxylic acids is 2. The van der Waals surface area contributed by atoms with Gasteiger partial charge in [-0.1, -0.05) is 30.3 Å². The minimum absolute atomic E-state index is 0.00646. The predicted octanol–water partition coefficient (Wildman–Crippen LogP) is 4.76. The van der Waals surface area contributed by atoms with E-state index in [0.717, 1.165) is 11.0 Å². The molecule has 3 aromatic rings. The van der Waals surface area contributed by atoms with E-state index in [0.29, 0.717) is 23.6 Å². The molecule has 0 atom stereocenters. The Morgan fingerprint density at radius 3 is 2.32 bits per heavy atom. The summed E-state index contributed by atoms with van der Waals surface area (Å²) in [4.78, 5) is 27.5. The highest BCUT2D eigenvalue weighted by Gasteiger charge is 2.40. The molecule has 0 spiro atoms. The van der Waals surface area contributed by atoms with Crippen LogP contribution in [0.1, 0.15) is 12.5 Å². The molecule has 0 saturated carbocycles. The van der Waals surface area contributed by atoms with E-state index in [1.165, 1.54) is 42.5 Å². The molecule has 0 saturated heterocycles. The molecule has 0 bridgehead atoms. The second-order valence-corrected chi connectivity index (χ2v) is 6.74. The Morgan fingerprint density at radius 2 is 1.61 bits per heavy atom. The molecule has 0 aromatic heterocycles. The molecule has 1 aliphatic heterocycles. The largest absolute Gasteiger partial charge is 0.492 e. The fourth-order valence-electron chi connectivity index (χ4n) is 3.37. The maximum atomic E-state index is 13.8. The molecule has 1 aliphatic rings. The first-order valence-electron chi connectivity index (χ1n) is 9.63. The summed E-state index contributed by atoms with van der Waals surface area (Å²) in [6.07, 6.45) is 0. The molecule has 156 valence electrons. The van der Waals surface area contributed by atoms with Gasteiger partial charge in [-0.05, 0) is 55.0 Å². The normalized spacial score (nSPS) is 13.7. The van der Waals surface area contributed by atoms with Gasteiger partial charge in [-0.15, -0.1) is 0 Å². The van der Waals surface area contributed by atoms with Crippen LogP contribution in [0.15, 0.2) is 78.5 Å². The molecule has 1 heterocycles. The van der Waals surface area contributed by atoms with Crippen LogP contribution in [0.3, 0.4) is 0 Å². The Kier molecular flexibility index (Phi) is 5.49. The third-order valence-corrected chi connectivity index (χ3v) is 4.73. The topological polar surface area (TPSA) is 58.6 Å². The zero-order chi connectivity index (χ0) is 22.0. The van der Waals surface area contributed by atoms with E-state index >= 15 is 0 Å². The number of nitrogens with one attached hydrogen (secondary N) is 1. The first-order chi connectivity index (χ1) is 15.0. The van der Waals surface area contributed by atoms with E-state index in [4.69, 9.17) is 4.74 Å². The number of hydrogen-bond acceptors (Lipinski definition) is 4. The molecule has 2 amide bonds. The van der Waals surface area contributed by atoms with Gasteiger partial charge >= 0.3 is 0 Å². The van der Waals surface area contributed by atoms with Crippen LogP contribution in [0, 0.1) is 11.6 Å². The quantitative estimate of drug-likeness (QED) is 0.584. The predicted molar refractivity (Wildman–Crippen MR) is 113 cm³/mol. The van der Waals surface area contributed by atoms with Crippen LogP contribution in [-0.2, 0) is 9.59 Å². The molecular formula is C24H18F2N2O3. The fourth-order valence-corrected chi connectivity index (χ4v) is 3.37. The van der Waals surface area contributed by atoms with Crippen LogP contribution in [0.2, 0.25) is 0 Å². The highest BCUT2D eigenvalue weighted by Crippen LogP contribution is 2.35. The fraction of sp³-hybridized carbons (Fsp3) is 0.0833. The third-order valence-electron chi connectivity index (χ3n) is 4.73. The summed E-state index contributed by atoms with van der Waals surface area (Å²) in [7, 11) is 0. The first kappa shape index (κ1) is 20.3. The molecule has 5 nitrogen and oxygen atoms in total. The number of halogens is 2. The SMILES string of the molecule is CCOc1ccccc1NC1=C(c2ccc(F)cc2)C(=O)N(c2cccc(F)c2)C1=O. The van der Waals surface area contributed by atoms with Crippen LogP contribution in [0.5, 0.6) is 5.75 Å². The molecular weight excluding hydrogens is 402 g/mol. The summed E-state index contributed by atoms with van der Waals surface area (Å²) in [6, 6.07) is 17.4. The van der Waals surface area contributed by atoms with Gasteiger partial charge < -0.3 is 10.1 Å². The Morgan fingerprint density at radius 1 is 0.871 bits per heavy atom. The third kappa shape index (κ3) is 3.90. The van der Waals surface area contributed by atoms with Crippen molar-refractivity contribution in [1.29, 1.82) is 0 Å². The molecule has 7 heteroatoms. The molecule has 3 aromatic carbocycles. The molecule has 0 radical (unpaired) electrons. The minimum atomic E-state index is -0.652. The summed E-state index contributed by atoms with van der Waals surface area (Å²) in [5.74, 6) is -1.84. The van der Waals surface area contributed by atoms with Gasteiger partial charge in [0.25, 0.3) is 11.8 Å². The number of hydrogen-bond donors (Lipinski definition) is 1. The van der Waals surface area contributed by atoms with Crippen molar-refractivity contribution in [3.05, 3.63) is 95.7 Å². The average molecular weight is 420 g/mol. The van der Waals surface area contributed by atoms with Gasteiger partial charge in [0.1, 0.15) is 23.1 Å². The van der Waals surface area contributed by atoms with Crippen molar-refractivity contribution in [1.82, 2.24) is 0 Å². The number of rotatable bonds is 6. The molecule has 1 N–H and O–H groups in total. The Hall–Kier alpha value is -4.00. The van der Waals surface area contributed by atoms with Crippen molar-refractivity contribution in [2.75, 3.05) is 16.8 Å². The van der Waals surface area contributed by atoms with Crippen molar-refractivity contribution in [3.8, 4) is 5.75 Å². The number of carbonyl (C=O) groups is 2. The lowest BCUT2D eigenvalue weighted by atomic mass is 10.0. The van der Waals surface area contributed by atoms with Crippen molar-refractivity contribution in [2.45, 2.75) is 6.92 Å². The zero-order valence-corrected chi connectivity index (χ0v) is 16.6. The first-order valence-corrected chi connectivity index (χ1v) is 9.63. The van der Waals surface area contributed by atoms with E-state index < -0.39 is 23.4 Å². The highest BCUT2D eigenvalue weighted by molar-refractivity contribution is 6.46. The second kappa shape index (κ2) is 8.39. The van der Waals surface area contributed by atoms with E-state index in [1.807, 2.05) is 6.92 Å². The summed E-state index contributed by atoms with van der Waals surface area (Å²) in [5.41, 5.74) is 0.995. The second-order valence-electron chi connectivity index (χ2n) is 6.74. The molecule has 0 aliphatic carbocycles. The minimum Gasteiger partial charge on any atom is -0.492 e. The van der Waals surface area contributed by atoms with Gasteiger partial charge in [0.05, 0.1) is 23.6 Å². The molecule has 31 heavy (non-hydrogen) atoms. The van der Waals surface area contributed by atoms with E-state index in [2.05, 4.69) is 5.32 Å².